The Labute approximate surface area is 141 Å². The van der Waals surface area contributed by atoms with E-state index in [-0.39, 0.29) is 6.04 Å². The van der Waals surface area contributed by atoms with Crippen LogP contribution in [-0.4, -0.2) is 36.1 Å². The van der Waals surface area contributed by atoms with Gasteiger partial charge >= 0.3 is 0 Å². The minimum absolute atomic E-state index is 0.211. The van der Waals surface area contributed by atoms with Crippen LogP contribution >= 0.6 is 22.9 Å². The summed E-state index contributed by atoms with van der Waals surface area (Å²) < 4.78 is 0.845. The summed E-state index contributed by atoms with van der Waals surface area (Å²) in [5.41, 5.74) is 2.40. The Morgan fingerprint density at radius 2 is 2.18 bits per heavy atom. The smallest absolute Gasteiger partial charge is 0.0931 e. The second-order valence-corrected chi connectivity index (χ2v) is 7.38. The zero-order valence-corrected chi connectivity index (χ0v) is 14.5. The number of pyridine rings is 1. The van der Waals surface area contributed by atoms with Crippen molar-refractivity contribution in [2.24, 2.45) is 0 Å². The lowest BCUT2D eigenvalue weighted by atomic mass is 10.1. The summed E-state index contributed by atoms with van der Waals surface area (Å²) in [5.74, 6) is 0. The lowest BCUT2D eigenvalue weighted by Crippen LogP contribution is -2.33. The van der Waals surface area contributed by atoms with Crippen LogP contribution < -0.4 is 5.32 Å². The van der Waals surface area contributed by atoms with E-state index in [1.807, 2.05) is 12.3 Å². The molecule has 0 amide bonds. The molecule has 1 N–H and O–H groups in total. The first-order valence-electron chi connectivity index (χ1n) is 7.92. The fourth-order valence-corrected chi connectivity index (χ4v) is 4.13. The van der Waals surface area contributed by atoms with Crippen molar-refractivity contribution in [3.05, 3.63) is 50.9 Å². The third-order valence-corrected chi connectivity index (χ3v) is 5.42. The number of aromatic nitrogens is 1. The summed E-state index contributed by atoms with van der Waals surface area (Å²) in [6.07, 6.45) is 4.20. The van der Waals surface area contributed by atoms with Crippen LogP contribution in [0, 0.1) is 0 Å². The summed E-state index contributed by atoms with van der Waals surface area (Å²) in [4.78, 5) is 8.55. The quantitative estimate of drug-likeness (QED) is 0.922. The third kappa shape index (κ3) is 3.69. The fraction of sp³-hybridized carbons (Fsp3) is 0.471. The lowest BCUT2D eigenvalue weighted by molar-refractivity contribution is 0.240. The second kappa shape index (κ2) is 7.55. The molecule has 5 heteroatoms. The molecular weight excluding hydrogens is 314 g/mol. The van der Waals surface area contributed by atoms with Crippen LogP contribution in [0.3, 0.4) is 0 Å². The minimum Gasteiger partial charge on any atom is -0.315 e. The van der Waals surface area contributed by atoms with Crippen molar-refractivity contribution in [1.82, 2.24) is 15.2 Å². The van der Waals surface area contributed by atoms with E-state index >= 15 is 0 Å². The molecule has 118 valence electrons. The van der Waals surface area contributed by atoms with Gasteiger partial charge in [-0.15, -0.1) is 11.3 Å². The van der Waals surface area contributed by atoms with Crippen molar-refractivity contribution < 1.29 is 0 Å². The summed E-state index contributed by atoms with van der Waals surface area (Å²) in [7, 11) is 0. The number of nitrogens with zero attached hydrogens (tertiary/aromatic N) is 2. The number of hydrogen-bond donors (Lipinski definition) is 1. The van der Waals surface area contributed by atoms with Crippen LogP contribution in [0.5, 0.6) is 0 Å². The van der Waals surface area contributed by atoms with Crippen molar-refractivity contribution in [3.63, 3.8) is 0 Å². The van der Waals surface area contributed by atoms with Gasteiger partial charge < -0.3 is 5.32 Å². The van der Waals surface area contributed by atoms with Crippen molar-refractivity contribution in [1.29, 1.82) is 0 Å². The second-order valence-electron chi connectivity index (χ2n) is 5.63. The molecule has 0 bridgehead atoms. The van der Waals surface area contributed by atoms with Gasteiger partial charge in [-0.3, -0.25) is 9.88 Å². The first-order chi connectivity index (χ1) is 10.8. The minimum atomic E-state index is 0.211. The van der Waals surface area contributed by atoms with Gasteiger partial charge in [0, 0.05) is 30.7 Å². The van der Waals surface area contributed by atoms with Crippen molar-refractivity contribution >= 4 is 22.9 Å². The third-order valence-electron chi connectivity index (χ3n) is 4.14. The van der Waals surface area contributed by atoms with Crippen molar-refractivity contribution in [2.75, 3.05) is 26.2 Å². The molecule has 1 unspecified atom stereocenters. The Morgan fingerprint density at radius 1 is 1.27 bits per heavy atom. The zero-order chi connectivity index (χ0) is 15.4. The molecule has 0 aliphatic carbocycles. The lowest BCUT2D eigenvalue weighted by Gasteiger charge is -2.29. The van der Waals surface area contributed by atoms with E-state index in [0.29, 0.717) is 0 Å². The summed E-state index contributed by atoms with van der Waals surface area (Å²) in [6.45, 7) is 6.41. The molecule has 1 saturated heterocycles. The topological polar surface area (TPSA) is 28.2 Å². The highest BCUT2D eigenvalue weighted by Crippen LogP contribution is 2.34. The van der Waals surface area contributed by atoms with Crippen LogP contribution in [-0.2, 0) is 6.42 Å². The zero-order valence-electron chi connectivity index (χ0n) is 12.9. The number of hydrogen-bond acceptors (Lipinski definition) is 4. The predicted octanol–water partition coefficient (Wildman–Crippen LogP) is 3.74. The van der Waals surface area contributed by atoms with Crippen molar-refractivity contribution in [2.45, 2.75) is 25.8 Å². The van der Waals surface area contributed by atoms with Gasteiger partial charge in [-0.05, 0) is 43.1 Å². The van der Waals surface area contributed by atoms with Gasteiger partial charge in [0.15, 0.2) is 0 Å². The number of halogens is 1. The van der Waals surface area contributed by atoms with E-state index in [1.54, 1.807) is 11.3 Å². The Kier molecular flexibility index (Phi) is 5.47. The van der Waals surface area contributed by atoms with Crippen LogP contribution in [0.25, 0.3) is 0 Å². The number of aryl methyl sites for hydroxylation is 1. The molecule has 0 spiro atoms. The molecule has 2 aromatic heterocycles. The van der Waals surface area contributed by atoms with E-state index in [9.17, 15) is 0 Å². The van der Waals surface area contributed by atoms with Gasteiger partial charge in [-0.25, -0.2) is 0 Å². The highest BCUT2D eigenvalue weighted by molar-refractivity contribution is 7.16. The van der Waals surface area contributed by atoms with Gasteiger partial charge in [-0.2, -0.15) is 0 Å². The molecule has 1 fully saturated rings. The molecule has 0 saturated carbocycles. The van der Waals surface area contributed by atoms with Crippen molar-refractivity contribution in [3.8, 4) is 0 Å². The molecule has 3 rings (SSSR count). The molecule has 22 heavy (non-hydrogen) atoms. The van der Waals surface area contributed by atoms with E-state index in [4.69, 9.17) is 16.6 Å². The molecule has 1 aliphatic heterocycles. The molecule has 0 radical (unpaired) electrons. The van der Waals surface area contributed by atoms with E-state index in [1.165, 1.54) is 16.9 Å². The summed E-state index contributed by atoms with van der Waals surface area (Å²) in [5, 5.41) is 3.47. The van der Waals surface area contributed by atoms with Gasteiger partial charge in [0.2, 0.25) is 0 Å². The van der Waals surface area contributed by atoms with Crippen LogP contribution in [0.2, 0.25) is 4.34 Å². The average Bonchev–Trinajstić information content (AvgIpc) is 2.80. The molecule has 3 heterocycles. The molecule has 3 nitrogen and oxygen atoms in total. The normalized spacial score (nSPS) is 18.1. The molecule has 0 aromatic carbocycles. The highest BCUT2D eigenvalue weighted by atomic mass is 35.5. The largest absolute Gasteiger partial charge is 0.315 e. The predicted molar refractivity (Wildman–Crippen MR) is 93.8 cm³/mol. The number of nitrogens with one attached hydrogen (secondary N) is 1. The van der Waals surface area contributed by atoms with Crippen LogP contribution in [0.1, 0.15) is 35.5 Å². The summed E-state index contributed by atoms with van der Waals surface area (Å²) in [6, 6.07) is 8.72. The molecular formula is C17H22ClN3S. The number of thiophene rings is 1. The van der Waals surface area contributed by atoms with Crippen LogP contribution in [0.15, 0.2) is 30.5 Å². The average molecular weight is 336 g/mol. The first-order valence-corrected chi connectivity index (χ1v) is 9.12. The molecule has 1 aliphatic rings. The SMILES string of the molecule is CCc1ccc(C(c2ccc(Cl)s2)N2CCCNCC2)nc1. The van der Waals surface area contributed by atoms with Gasteiger partial charge in [-0.1, -0.05) is 24.6 Å². The first kappa shape index (κ1) is 15.9. The Hall–Kier alpha value is -0.940. The fourth-order valence-electron chi connectivity index (χ4n) is 2.92. The van der Waals surface area contributed by atoms with Gasteiger partial charge in [0.05, 0.1) is 16.1 Å². The number of rotatable bonds is 4. The standard InChI is InChI=1S/C17H22ClN3S/c1-2-13-4-5-14(20-12-13)17(15-6-7-16(18)22-15)21-10-3-8-19-9-11-21/h4-7,12,17,19H,2-3,8-11H2,1H3. The summed E-state index contributed by atoms with van der Waals surface area (Å²) >= 11 is 7.84. The highest BCUT2D eigenvalue weighted by Gasteiger charge is 2.25. The van der Waals surface area contributed by atoms with Crippen LogP contribution in [0.4, 0.5) is 0 Å². The Bertz CT molecular complexity index is 588. The van der Waals surface area contributed by atoms with E-state index in [2.05, 4.69) is 35.3 Å². The van der Waals surface area contributed by atoms with Gasteiger partial charge in [0.25, 0.3) is 0 Å². The maximum Gasteiger partial charge on any atom is 0.0931 e. The maximum absolute atomic E-state index is 6.18. The molecule has 1 atom stereocenters. The molecule has 2 aromatic rings. The van der Waals surface area contributed by atoms with Gasteiger partial charge in [0.1, 0.15) is 0 Å². The Balaban J connectivity index is 1.93. The van der Waals surface area contributed by atoms with E-state index in [0.717, 1.165) is 42.6 Å². The van der Waals surface area contributed by atoms with E-state index < -0.39 is 0 Å². The Morgan fingerprint density at radius 3 is 2.86 bits per heavy atom. The monoisotopic (exact) mass is 335 g/mol. The maximum atomic E-state index is 6.18.